The second-order valence-corrected chi connectivity index (χ2v) is 8.27. The van der Waals surface area contributed by atoms with E-state index in [1.165, 1.54) is 19.2 Å². The van der Waals surface area contributed by atoms with Crippen LogP contribution in [-0.2, 0) is 21.2 Å². The van der Waals surface area contributed by atoms with Crippen molar-refractivity contribution in [3.05, 3.63) is 64.7 Å². The molecule has 1 N–H and O–H groups in total. The fourth-order valence-corrected chi connectivity index (χ4v) is 4.36. The SMILES string of the molecule is Cc1cc(C)c(CC(C(=O)O)N(C)S(=O)(=O)c2ccccc2)c(C)c1. The Hall–Kier alpha value is -2.18. The van der Waals surface area contributed by atoms with Crippen LogP contribution in [0.15, 0.2) is 47.4 Å². The van der Waals surface area contributed by atoms with Crippen molar-refractivity contribution in [2.24, 2.45) is 0 Å². The van der Waals surface area contributed by atoms with Crippen LogP contribution in [0.5, 0.6) is 0 Å². The fourth-order valence-electron chi connectivity index (χ4n) is 3.02. The summed E-state index contributed by atoms with van der Waals surface area (Å²) in [5, 5.41) is 9.65. The lowest BCUT2D eigenvalue weighted by molar-refractivity contribution is -0.141. The summed E-state index contributed by atoms with van der Waals surface area (Å²) in [5.74, 6) is -1.17. The van der Waals surface area contributed by atoms with Gasteiger partial charge in [0.15, 0.2) is 0 Å². The zero-order chi connectivity index (χ0) is 18.8. The highest BCUT2D eigenvalue weighted by atomic mass is 32.2. The summed E-state index contributed by atoms with van der Waals surface area (Å²) in [6.45, 7) is 5.81. The normalized spacial score (nSPS) is 13.0. The smallest absolute Gasteiger partial charge is 0.322 e. The second kappa shape index (κ2) is 7.37. The van der Waals surface area contributed by atoms with Gasteiger partial charge in [-0.3, -0.25) is 4.79 Å². The van der Waals surface area contributed by atoms with E-state index in [4.69, 9.17) is 0 Å². The maximum Gasteiger partial charge on any atom is 0.322 e. The van der Waals surface area contributed by atoms with Crippen molar-refractivity contribution in [3.63, 3.8) is 0 Å². The Bertz CT molecular complexity index is 853. The Kier molecular flexibility index (Phi) is 5.65. The molecule has 0 radical (unpaired) electrons. The van der Waals surface area contributed by atoms with Gasteiger partial charge in [-0.25, -0.2) is 8.42 Å². The van der Waals surface area contributed by atoms with Gasteiger partial charge in [0.05, 0.1) is 4.90 Å². The topological polar surface area (TPSA) is 74.7 Å². The van der Waals surface area contributed by atoms with Gasteiger partial charge in [0.2, 0.25) is 10.0 Å². The van der Waals surface area contributed by atoms with Crippen molar-refractivity contribution in [1.29, 1.82) is 0 Å². The molecule has 2 aromatic carbocycles. The second-order valence-electron chi connectivity index (χ2n) is 6.27. The van der Waals surface area contributed by atoms with Crippen LogP contribution in [0.25, 0.3) is 0 Å². The summed E-state index contributed by atoms with van der Waals surface area (Å²) < 4.78 is 26.5. The Labute approximate surface area is 149 Å². The van der Waals surface area contributed by atoms with Crippen LogP contribution in [0, 0.1) is 20.8 Å². The molecule has 0 saturated carbocycles. The molecule has 1 atom stereocenters. The lowest BCUT2D eigenvalue weighted by Crippen LogP contribution is -2.44. The van der Waals surface area contributed by atoms with E-state index >= 15 is 0 Å². The zero-order valence-electron chi connectivity index (χ0n) is 14.9. The van der Waals surface area contributed by atoms with Gasteiger partial charge in [-0.2, -0.15) is 4.31 Å². The maximum absolute atomic E-state index is 12.8. The van der Waals surface area contributed by atoms with Gasteiger partial charge in [0, 0.05) is 13.5 Å². The molecule has 0 bridgehead atoms. The van der Waals surface area contributed by atoms with Crippen molar-refractivity contribution < 1.29 is 18.3 Å². The first kappa shape index (κ1) is 19.1. The minimum absolute atomic E-state index is 0.0844. The Balaban J connectivity index is 2.41. The predicted octanol–water partition coefficient (Wildman–Crippen LogP) is 2.93. The first-order valence-electron chi connectivity index (χ1n) is 7.97. The highest BCUT2D eigenvalue weighted by Gasteiger charge is 2.33. The summed E-state index contributed by atoms with van der Waals surface area (Å²) in [6, 6.07) is 10.7. The highest BCUT2D eigenvalue weighted by molar-refractivity contribution is 7.89. The number of sulfonamides is 1. The minimum atomic E-state index is -3.88. The highest BCUT2D eigenvalue weighted by Crippen LogP contribution is 2.23. The number of hydrogen-bond donors (Lipinski definition) is 1. The molecule has 0 spiro atoms. The third-order valence-electron chi connectivity index (χ3n) is 4.38. The molecule has 6 heteroatoms. The van der Waals surface area contributed by atoms with Crippen molar-refractivity contribution >= 4 is 16.0 Å². The molecule has 0 aromatic heterocycles. The van der Waals surface area contributed by atoms with Crippen molar-refractivity contribution in [1.82, 2.24) is 4.31 Å². The van der Waals surface area contributed by atoms with Gasteiger partial charge in [-0.05, 0) is 49.6 Å². The molecule has 0 heterocycles. The average molecular weight is 361 g/mol. The van der Waals surface area contributed by atoms with Crippen molar-refractivity contribution in [3.8, 4) is 0 Å². The van der Waals surface area contributed by atoms with E-state index < -0.39 is 22.0 Å². The molecule has 25 heavy (non-hydrogen) atoms. The molecular formula is C19H23NO4S. The lowest BCUT2D eigenvalue weighted by Gasteiger charge is -2.25. The van der Waals surface area contributed by atoms with Crippen LogP contribution < -0.4 is 0 Å². The minimum Gasteiger partial charge on any atom is -0.480 e. The first-order valence-corrected chi connectivity index (χ1v) is 9.41. The molecule has 0 aliphatic carbocycles. The van der Waals surface area contributed by atoms with Crippen molar-refractivity contribution in [2.45, 2.75) is 38.1 Å². The summed E-state index contributed by atoms with van der Waals surface area (Å²) in [7, 11) is -2.57. The molecule has 5 nitrogen and oxygen atoms in total. The zero-order valence-corrected chi connectivity index (χ0v) is 15.7. The van der Waals surface area contributed by atoms with E-state index in [-0.39, 0.29) is 11.3 Å². The predicted molar refractivity (Wildman–Crippen MR) is 97.2 cm³/mol. The number of carboxylic acid groups (broad SMARTS) is 1. The maximum atomic E-state index is 12.8. The van der Waals surface area contributed by atoms with Gasteiger partial charge in [-0.1, -0.05) is 35.9 Å². The van der Waals surface area contributed by atoms with Crippen LogP contribution in [-0.4, -0.2) is 36.9 Å². The summed E-state index contributed by atoms with van der Waals surface area (Å²) in [4.78, 5) is 11.9. The molecular weight excluding hydrogens is 338 g/mol. The standard InChI is InChI=1S/C19H23NO4S/c1-13-10-14(2)17(15(3)11-13)12-18(19(21)22)20(4)25(23,24)16-8-6-5-7-9-16/h5-11,18H,12H2,1-4H3,(H,21,22). The van der Waals surface area contributed by atoms with E-state index in [1.54, 1.807) is 18.2 Å². The van der Waals surface area contributed by atoms with Crippen LogP contribution in [0.2, 0.25) is 0 Å². The monoisotopic (exact) mass is 361 g/mol. The van der Waals surface area contributed by atoms with E-state index in [0.29, 0.717) is 0 Å². The molecule has 0 fully saturated rings. The molecule has 2 rings (SSSR count). The van der Waals surface area contributed by atoms with Gasteiger partial charge in [0.25, 0.3) is 0 Å². The largest absolute Gasteiger partial charge is 0.480 e. The molecule has 0 aliphatic heterocycles. The number of aryl methyl sites for hydroxylation is 3. The Morgan fingerprint density at radius 1 is 1.08 bits per heavy atom. The molecule has 0 saturated heterocycles. The Morgan fingerprint density at radius 3 is 2.08 bits per heavy atom. The first-order chi connectivity index (χ1) is 11.6. The number of likely N-dealkylation sites (N-methyl/N-ethyl adjacent to an activating group) is 1. The molecule has 0 amide bonds. The van der Waals surface area contributed by atoms with Gasteiger partial charge in [0.1, 0.15) is 6.04 Å². The van der Waals surface area contributed by atoms with Gasteiger partial charge in [-0.15, -0.1) is 0 Å². The lowest BCUT2D eigenvalue weighted by atomic mass is 9.94. The molecule has 2 aromatic rings. The number of carbonyl (C=O) groups is 1. The number of aliphatic carboxylic acids is 1. The third-order valence-corrected chi connectivity index (χ3v) is 6.26. The Morgan fingerprint density at radius 2 is 1.60 bits per heavy atom. The quantitative estimate of drug-likeness (QED) is 0.858. The van der Waals surface area contributed by atoms with Gasteiger partial charge >= 0.3 is 5.97 Å². The number of hydrogen-bond acceptors (Lipinski definition) is 3. The van der Waals surface area contributed by atoms with E-state index in [1.807, 2.05) is 32.9 Å². The van der Waals surface area contributed by atoms with E-state index in [9.17, 15) is 18.3 Å². The fraction of sp³-hybridized carbons (Fsp3) is 0.316. The number of benzene rings is 2. The van der Waals surface area contributed by atoms with E-state index in [0.717, 1.165) is 26.6 Å². The number of carboxylic acids is 1. The summed E-state index contributed by atoms with van der Waals surface area (Å²) in [5.41, 5.74) is 3.90. The van der Waals surface area contributed by atoms with Crippen LogP contribution in [0.3, 0.4) is 0 Å². The van der Waals surface area contributed by atoms with Gasteiger partial charge < -0.3 is 5.11 Å². The molecule has 1 unspecified atom stereocenters. The van der Waals surface area contributed by atoms with Crippen molar-refractivity contribution in [2.75, 3.05) is 7.05 Å². The summed E-state index contributed by atoms with van der Waals surface area (Å²) >= 11 is 0. The number of rotatable bonds is 6. The van der Waals surface area contributed by atoms with Crippen LogP contribution in [0.1, 0.15) is 22.3 Å². The van der Waals surface area contributed by atoms with Crippen LogP contribution >= 0.6 is 0 Å². The number of nitrogens with zero attached hydrogens (tertiary/aromatic N) is 1. The van der Waals surface area contributed by atoms with E-state index in [2.05, 4.69) is 0 Å². The molecule has 0 aliphatic rings. The van der Waals surface area contributed by atoms with Crippen LogP contribution in [0.4, 0.5) is 0 Å². The molecule has 134 valence electrons. The average Bonchev–Trinajstić information content (AvgIpc) is 2.54. The summed E-state index contributed by atoms with van der Waals surface area (Å²) in [6.07, 6.45) is 0.121. The third kappa shape index (κ3) is 4.08.